The predicted octanol–water partition coefficient (Wildman–Crippen LogP) is 2.23. The van der Waals surface area contributed by atoms with Gasteiger partial charge in [-0.25, -0.2) is 18.4 Å². The molecule has 2 aromatic rings. The van der Waals surface area contributed by atoms with Gasteiger partial charge in [0.25, 0.3) is 0 Å². The van der Waals surface area contributed by atoms with Crippen LogP contribution < -0.4 is 10.0 Å². The van der Waals surface area contributed by atoms with Gasteiger partial charge in [-0.05, 0) is 30.5 Å². The number of aliphatic imine (C=N–C) groups is 1. The molecule has 1 saturated heterocycles. The van der Waals surface area contributed by atoms with Crippen LogP contribution in [0.1, 0.15) is 18.4 Å². The summed E-state index contributed by atoms with van der Waals surface area (Å²) in [5, 5.41) is 4.27. The van der Waals surface area contributed by atoms with Gasteiger partial charge < -0.3 is 5.32 Å². The SMILES string of the molecule is CS(=O)(=O)NC=NC1CCN(Cc2ccc3c(c2)Nc2nccnc2S3)CC1. The van der Waals surface area contributed by atoms with Gasteiger partial charge in [-0.15, -0.1) is 0 Å². The normalized spacial score (nSPS) is 17.8. The number of hydrogen-bond acceptors (Lipinski definition) is 8. The molecule has 2 aliphatic heterocycles. The summed E-state index contributed by atoms with van der Waals surface area (Å²) in [6.07, 6.45) is 7.67. The summed E-state index contributed by atoms with van der Waals surface area (Å²) < 4.78 is 24.5. The van der Waals surface area contributed by atoms with Crippen molar-refractivity contribution in [1.82, 2.24) is 19.6 Å². The molecule has 0 unspecified atom stereocenters. The average Bonchev–Trinajstić information content (AvgIpc) is 2.67. The lowest BCUT2D eigenvalue weighted by atomic mass is 10.0. The van der Waals surface area contributed by atoms with E-state index in [1.807, 2.05) is 0 Å². The second kappa shape index (κ2) is 8.06. The second-order valence-corrected chi connectivity index (χ2v) is 9.75. The molecule has 0 radical (unpaired) electrons. The maximum absolute atomic E-state index is 11.1. The smallest absolute Gasteiger partial charge is 0.230 e. The maximum Gasteiger partial charge on any atom is 0.230 e. The molecule has 2 N–H and O–H groups in total. The molecular formula is C18H22N6O2S2. The molecule has 0 amide bonds. The van der Waals surface area contributed by atoms with Gasteiger partial charge in [-0.1, -0.05) is 17.8 Å². The van der Waals surface area contributed by atoms with Gasteiger partial charge in [0.1, 0.15) is 5.03 Å². The van der Waals surface area contributed by atoms with Gasteiger partial charge in [-0.2, -0.15) is 0 Å². The van der Waals surface area contributed by atoms with E-state index in [0.29, 0.717) is 0 Å². The van der Waals surface area contributed by atoms with E-state index in [0.717, 1.165) is 60.2 Å². The summed E-state index contributed by atoms with van der Waals surface area (Å²) in [6, 6.07) is 6.64. The number of rotatable bonds is 5. The highest BCUT2D eigenvalue weighted by Gasteiger charge is 2.21. The molecule has 0 bridgehead atoms. The molecule has 8 nitrogen and oxygen atoms in total. The molecule has 0 aliphatic carbocycles. The zero-order valence-corrected chi connectivity index (χ0v) is 17.1. The topological polar surface area (TPSA) is 99.6 Å². The lowest BCUT2D eigenvalue weighted by Crippen LogP contribution is -2.35. The largest absolute Gasteiger partial charge is 0.337 e. The molecule has 28 heavy (non-hydrogen) atoms. The van der Waals surface area contributed by atoms with E-state index >= 15 is 0 Å². The van der Waals surface area contributed by atoms with Crippen molar-refractivity contribution in [3.8, 4) is 0 Å². The first kappa shape index (κ1) is 19.2. The van der Waals surface area contributed by atoms with Gasteiger partial charge in [-0.3, -0.25) is 14.6 Å². The fourth-order valence-corrected chi connectivity index (χ4v) is 4.43. The Labute approximate surface area is 168 Å². The van der Waals surface area contributed by atoms with Gasteiger partial charge >= 0.3 is 0 Å². The van der Waals surface area contributed by atoms with Crippen molar-refractivity contribution in [2.75, 3.05) is 24.7 Å². The van der Waals surface area contributed by atoms with Crippen molar-refractivity contribution < 1.29 is 8.42 Å². The monoisotopic (exact) mass is 418 g/mol. The molecule has 2 aliphatic rings. The number of fused-ring (bicyclic) bond motifs is 2. The van der Waals surface area contributed by atoms with Crippen LogP contribution in [-0.2, 0) is 16.6 Å². The Bertz CT molecular complexity index is 987. The average molecular weight is 419 g/mol. The Morgan fingerprint density at radius 3 is 2.89 bits per heavy atom. The minimum atomic E-state index is -3.23. The first-order valence-electron chi connectivity index (χ1n) is 9.06. The number of benzene rings is 1. The van der Waals surface area contributed by atoms with Crippen molar-refractivity contribution in [2.45, 2.75) is 35.3 Å². The van der Waals surface area contributed by atoms with Crippen molar-refractivity contribution >= 4 is 39.6 Å². The van der Waals surface area contributed by atoms with Crippen LogP contribution in [0.15, 0.2) is 45.5 Å². The predicted molar refractivity (Wildman–Crippen MR) is 111 cm³/mol. The van der Waals surface area contributed by atoms with Crippen molar-refractivity contribution in [1.29, 1.82) is 0 Å². The highest BCUT2D eigenvalue weighted by atomic mass is 32.2. The van der Waals surface area contributed by atoms with Crippen LogP contribution in [0.2, 0.25) is 0 Å². The minimum absolute atomic E-state index is 0.169. The first-order chi connectivity index (χ1) is 13.5. The van der Waals surface area contributed by atoms with Crippen LogP contribution in [0.5, 0.6) is 0 Å². The fourth-order valence-electron chi connectivity index (χ4n) is 3.30. The Hall–Kier alpha value is -2.17. The number of sulfonamides is 1. The maximum atomic E-state index is 11.1. The van der Waals surface area contributed by atoms with E-state index in [-0.39, 0.29) is 6.04 Å². The summed E-state index contributed by atoms with van der Waals surface area (Å²) in [6.45, 7) is 2.76. The summed E-state index contributed by atoms with van der Waals surface area (Å²) in [4.78, 5) is 16.6. The molecule has 148 valence electrons. The molecule has 0 saturated carbocycles. The Kier molecular flexibility index (Phi) is 5.51. The second-order valence-electron chi connectivity index (χ2n) is 6.94. The van der Waals surface area contributed by atoms with Gasteiger partial charge in [0.15, 0.2) is 5.82 Å². The number of anilines is 2. The van der Waals surface area contributed by atoms with Crippen LogP contribution in [0, 0.1) is 0 Å². The number of nitrogens with zero attached hydrogens (tertiary/aromatic N) is 4. The lowest BCUT2D eigenvalue weighted by Gasteiger charge is -2.30. The van der Waals surface area contributed by atoms with Crippen molar-refractivity contribution in [3.63, 3.8) is 0 Å². The van der Waals surface area contributed by atoms with E-state index in [1.165, 1.54) is 11.9 Å². The third kappa shape index (κ3) is 4.81. The van der Waals surface area contributed by atoms with Crippen LogP contribution in [0.3, 0.4) is 0 Å². The first-order valence-corrected chi connectivity index (χ1v) is 11.8. The quantitative estimate of drug-likeness (QED) is 0.484. The molecular weight excluding hydrogens is 396 g/mol. The molecule has 0 spiro atoms. The molecule has 1 aromatic carbocycles. The van der Waals surface area contributed by atoms with Gasteiger partial charge in [0.05, 0.1) is 24.3 Å². The summed E-state index contributed by atoms with van der Waals surface area (Å²) in [5.41, 5.74) is 2.32. The van der Waals surface area contributed by atoms with Gasteiger partial charge in [0, 0.05) is 36.9 Å². The molecule has 0 atom stereocenters. The molecule has 3 heterocycles. The molecule has 4 rings (SSSR count). The molecule has 1 fully saturated rings. The number of piperidine rings is 1. The van der Waals surface area contributed by atoms with E-state index < -0.39 is 10.0 Å². The molecule has 1 aromatic heterocycles. The number of hydrogen-bond donors (Lipinski definition) is 2. The zero-order chi connectivity index (χ0) is 19.6. The van der Waals surface area contributed by atoms with Crippen molar-refractivity contribution in [3.05, 3.63) is 36.2 Å². The van der Waals surface area contributed by atoms with Crippen LogP contribution in [0.25, 0.3) is 0 Å². The number of nitrogens with one attached hydrogen (secondary N) is 2. The molecule has 10 heteroatoms. The van der Waals surface area contributed by atoms with Crippen LogP contribution >= 0.6 is 11.8 Å². The summed E-state index contributed by atoms with van der Waals surface area (Å²) >= 11 is 1.63. The summed E-state index contributed by atoms with van der Waals surface area (Å²) in [5.74, 6) is 0.804. The zero-order valence-electron chi connectivity index (χ0n) is 15.5. The van der Waals surface area contributed by atoms with E-state index in [9.17, 15) is 8.42 Å². The van der Waals surface area contributed by atoms with E-state index in [4.69, 9.17) is 0 Å². The standard InChI is InChI=1S/C18H22N6O2S2/c1-28(25,26)22-12-21-14-4-8-24(9-5-14)11-13-2-3-16-15(10-13)23-17-18(27-16)20-7-6-19-17/h2-3,6-7,10,12,14H,4-5,8-9,11H2,1H3,(H,19,23)(H,21,22). The third-order valence-electron chi connectivity index (χ3n) is 4.68. The van der Waals surface area contributed by atoms with Crippen molar-refractivity contribution in [2.24, 2.45) is 4.99 Å². The Morgan fingerprint density at radius 1 is 1.32 bits per heavy atom. The van der Waals surface area contributed by atoms with Crippen LogP contribution in [0.4, 0.5) is 11.5 Å². The van der Waals surface area contributed by atoms with Gasteiger partial charge in [0.2, 0.25) is 10.0 Å². The summed E-state index contributed by atoms with van der Waals surface area (Å²) in [7, 11) is -3.23. The van der Waals surface area contributed by atoms with E-state index in [1.54, 1.807) is 24.2 Å². The number of likely N-dealkylation sites (tertiary alicyclic amines) is 1. The lowest BCUT2D eigenvalue weighted by molar-refractivity contribution is 0.206. The fraction of sp³-hybridized carbons (Fsp3) is 0.389. The number of aromatic nitrogens is 2. The highest BCUT2D eigenvalue weighted by Crippen LogP contribution is 2.42. The minimum Gasteiger partial charge on any atom is -0.337 e. The highest BCUT2D eigenvalue weighted by molar-refractivity contribution is 7.99. The Balaban J connectivity index is 1.33. The third-order valence-corrected chi connectivity index (χ3v) is 6.29. The van der Waals surface area contributed by atoms with Crippen LogP contribution in [-0.4, -0.2) is 55.0 Å². The Morgan fingerprint density at radius 2 is 2.11 bits per heavy atom. The van der Waals surface area contributed by atoms with E-state index in [2.05, 4.69) is 48.1 Å².